The molecule has 1 unspecified atom stereocenters. The van der Waals surface area contributed by atoms with Crippen molar-refractivity contribution in [2.24, 2.45) is 0 Å². The second kappa shape index (κ2) is 7.06. The van der Waals surface area contributed by atoms with Crippen LogP contribution in [0.1, 0.15) is 17.2 Å². The molecule has 0 saturated heterocycles. The highest BCUT2D eigenvalue weighted by molar-refractivity contribution is 6.27. The fraction of sp³-hybridized carbons (Fsp3) is 0.188. The number of carbonyl (C=O) groups is 1. The first-order valence-electron chi connectivity index (χ1n) is 6.34. The van der Waals surface area contributed by atoms with Crippen molar-refractivity contribution >= 4 is 17.5 Å². The van der Waals surface area contributed by atoms with E-state index in [0.29, 0.717) is 12.0 Å². The Morgan fingerprint density at radius 3 is 2.40 bits per heavy atom. The molecule has 2 rings (SSSR count). The zero-order valence-electron chi connectivity index (χ0n) is 10.9. The van der Waals surface area contributed by atoms with Gasteiger partial charge in [-0.2, -0.15) is 0 Å². The molecular weight excluding hydrogens is 277 g/mol. The molecule has 0 radical (unpaired) electrons. The quantitative estimate of drug-likeness (QED) is 0.840. The van der Waals surface area contributed by atoms with Crippen molar-refractivity contribution in [2.45, 2.75) is 12.5 Å². The standard InChI is InChI=1S/C16H15ClFNO/c17-11-16(20)19-15(10-12-6-2-1-3-7-12)13-8-4-5-9-14(13)18/h1-9,15H,10-11H2,(H,19,20). The van der Waals surface area contributed by atoms with Gasteiger partial charge in [0, 0.05) is 5.56 Å². The van der Waals surface area contributed by atoms with E-state index < -0.39 is 6.04 Å². The predicted octanol–water partition coefficient (Wildman–Crippen LogP) is 3.46. The average Bonchev–Trinajstić information content (AvgIpc) is 2.48. The number of hydrogen-bond acceptors (Lipinski definition) is 1. The molecule has 2 aromatic rings. The predicted molar refractivity (Wildman–Crippen MR) is 78.1 cm³/mol. The van der Waals surface area contributed by atoms with Crippen LogP contribution in [0.5, 0.6) is 0 Å². The minimum atomic E-state index is -0.426. The number of halogens is 2. The monoisotopic (exact) mass is 291 g/mol. The zero-order valence-corrected chi connectivity index (χ0v) is 11.6. The van der Waals surface area contributed by atoms with Crippen LogP contribution in [-0.2, 0) is 11.2 Å². The van der Waals surface area contributed by atoms with Crippen LogP contribution in [0.4, 0.5) is 4.39 Å². The van der Waals surface area contributed by atoms with Gasteiger partial charge in [-0.15, -0.1) is 11.6 Å². The van der Waals surface area contributed by atoms with Crippen LogP contribution in [0.15, 0.2) is 54.6 Å². The van der Waals surface area contributed by atoms with Gasteiger partial charge in [0.2, 0.25) is 5.91 Å². The smallest absolute Gasteiger partial charge is 0.235 e. The number of carbonyl (C=O) groups excluding carboxylic acids is 1. The van der Waals surface area contributed by atoms with Gasteiger partial charge in [-0.3, -0.25) is 4.79 Å². The van der Waals surface area contributed by atoms with Crippen LogP contribution in [0.3, 0.4) is 0 Å². The van der Waals surface area contributed by atoms with Crippen LogP contribution in [0.25, 0.3) is 0 Å². The largest absolute Gasteiger partial charge is 0.348 e. The maximum Gasteiger partial charge on any atom is 0.235 e. The summed E-state index contributed by atoms with van der Waals surface area (Å²) in [5, 5.41) is 2.76. The van der Waals surface area contributed by atoms with Crippen molar-refractivity contribution < 1.29 is 9.18 Å². The molecule has 0 heterocycles. The van der Waals surface area contributed by atoms with Gasteiger partial charge in [-0.1, -0.05) is 48.5 Å². The molecule has 0 fully saturated rings. The summed E-state index contributed by atoms with van der Waals surface area (Å²) in [4.78, 5) is 11.5. The lowest BCUT2D eigenvalue weighted by Gasteiger charge is -2.19. The molecule has 1 amide bonds. The van der Waals surface area contributed by atoms with E-state index in [1.54, 1.807) is 18.2 Å². The fourth-order valence-electron chi connectivity index (χ4n) is 2.08. The summed E-state index contributed by atoms with van der Waals surface area (Å²) in [6.07, 6.45) is 0.518. The number of hydrogen-bond donors (Lipinski definition) is 1. The van der Waals surface area contributed by atoms with Gasteiger partial charge in [0.1, 0.15) is 11.7 Å². The number of amides is 1. The Morgan fingerprint density at radius 1 is 1.10 bits per heavy atom. The van der Waals surface area contributed by atoms with Crippen molar-refractivity contribution in [3.8, 4) is 0 Å². The highest BCUT2D eigenvalue weighted by atomic mass is 35.5. The third-order valence-corrected chi connectivity index (χ3v) is 3.26. The molecule has 104 valence electrons. The van der Waals surface area contributed by atoms with Crippen LogP contribution in [0, 0.1) is 5.82 Å². The zero-order chi connectivity index (χ0) is 14.4. The summed E-state index contributed by atoms with van der Waals surface area (Å²) in [5.41, 5.74) is 1.49. The SMILES string of the molecule is O=C(CCl)NC(Cc1ccccc1)c1ccccc1F. The normalized spacial score (nSPS) is 11.9. The summed E-state index contributed by atoms with van der Waals surface area (Å²) in [5.74, 6) is -0.779. The summed E-state index contributed by atoms with van der Waals surface area (Å²) in [6, 6.07) is 15.7. The Balaban J connectivity index is 2.25. The summed E-state index contributed by atoms with van der Waals surface area (Å²) < 4.78 is 13.9. The maximum atomic E-state index is 13.9. The van der Waals surface area contributed by atoms with Gasteiger partial charge in [0.25, 0.3) is 0 Å². The molecule has 0 bridgehead atoms. The van der Waals surface area contributed by atoms with E-state index in [2.05, 4.69) is 5.32 Å². The highest BCUT2D eigenvalue weighted by Gasteiger charge is 2.17. The summed E-state index contributed by atoms with van der Waals surface area (Å²) >= 11 is 5.52. The van der Waals surface area contributed by atoms with Gasteiger partial charge in [-0.05, 0) is 18.1 Å². The number of rotatable bonds is 5. The lowest BCUT2D eigenvalue weighted by atomic mass is 9.98. The first kappa shape index (κ1) is 14.5. The maximum absolute atomic E-state index is 13.9. The Kier molecular flexibility index (Phi) is 5.13. The van der Waals surface area contributed by atoms with E-state index in [1.807, 2.05) is 30.3 Å². The second-order valence-electron chi connectivity index (χ2n) is 4.46. The Morgan fingerprint density at radius 2 is 1.75 bits per heavy atom. The molecule has 0 spiro atoms. The number of alkyl halides is 1. The first-order valence-corrected chi connectivity index (χ1v) is 6.88. The highest BCUT2D eigenvalue weighted by Crippen LogP contribution is 2.21. The molecule has 1 atom stereocenters. The average molecular weight is 292 g/mol. The molecular formula is C16H15ClFNO. The van der Waals surface area contributed by atoms with Gasteiger partial charge in [0.15, 0.2) is 0 Å². The van der Waals surface area contributed by atoms with Gasteiger partial charge < -0.3 is 5.32 Å². The Bertz CT molecular complexity index is 574. The van der Waals surface area contributed by atoms with E-state index >= 15 is 0 Å². The van der Waals surface area contributed by atoms with Crippen LogP contribution < -0.4 is 5.32 Å². The third kappa shape index (κ3) is 3.81. The molecule has 0 aliphatic carbocycles. The molecule has 0 aliphatic rings. The minimum Gasteiger partial charge on any atom is -0.348 e. The molecule has 20 heavy (non-hydrogen) atoms. The third-order valence-electron chi connectivity index (χ3n) is 3.02. The van der Waals surface area contributed by atoms with Crippen molar-refractivity contribution in [1.29, 1.82) is 0 Å². The van der Waals surface area contributed by atoms with Crippen molar-refractivity contribution in [3.63, 3.8) is 0 Å². The van der Waals surface area contributed by atoms with E-state index in [9.17, 15) is 9.18 Å². The van der Waals surface area contributed by atoms with Crippen molar-refractivity contribution in [3.05, 3.63) is 71.5 Å². The lowest BCUT2D eigenvalue weighted by Crippen LogP contribution is -2.31. The minimum absolute atomic E-state index is 0.139. The molecule has 0 aliphatic heterocycles. The van der Waals surface area contributed by atoms with Crippen LogP contribution in [0.2, 0.25) is 0 Å². The lowest BCUT2D eigenvalue weighted by molar-refractivity contribution is -0.119. The summed E-state index contributed by atoms with van der Waals surface area (Å²) in [7, 11) is 0. The van der Waals surface area contributed by atoms with Gasteiger partial charge >= 0.3 is 0 Å². The molecule has 2 nitrogen and oxygen atoms in total. The van der Waals surface area contributed by atoms with Crippen molar-refractivity contribution in [2.75, 3.05) is 5.88 Å². The topological polar surface area (TPSA) is 29.1 Å². The van der Waals surface area contributed by atoms with Gasteiger partial charge in [0.05, 0.1) is 6.04 Å². The Hall–Kier alpha value is -1.87. The summed E-state index contributed by atoms with van der Waals surface area (Å²) in [6.45, 7) is 0. The molecule has 1 N–H and O–H groups in total. The fourth-order valence-corrected chi connectivity index (χ4v) is 2.16. The van der Waals surface area contributed by atoms with Crippen molar-refractivity contribution in [1.82, 2.24) is 5.32 Å². The van der Waals surface area contributed by atoms with Crippen LogP contribution >= 0.6 is 11.6 Å². The molecule has 2 aromatic carbocycles. The molecule has 0 aromatic heterocycles. The molecule has 4 heteroatoms. The second-order valence-corrected chi connectivity index (χ2v) is 4.73. The van der Waals surface area contributed by atoms with Crippen LogP contribution in [-0.4, -0.2) is 11.8 Å². The molecule has 0 saturated carbocycles. The van der Waals surface area contributed by atoms with E-state index in [1.165, 1.54) is 6.07 Å². The first-order chi connectivity index (χ1) is 9.70. The van der Waals surface area contributed by atoms with Gasteiger partial charge in [-0.25, -0.2) is 4.39 Å². The number of nitrogens with one attached hydrogen (secondary N) is 1. The number of benzene rings is 2. The van der Waals surface area contributed by atoms with E-state index in [4.69, 9.17) is 11.6 Å². The Labute approximate surface area is 122 Å². The van der Waals surface area contributed by atoms with E-state index in [-0.39, 0.29) is 17.6 Å². The van der Waals surface area contributed by atoms with E-state index in [0.717, 1.165) is 5.56 Å².